The molecule has 0 saturated heterocycles. The summed E-state index contributed by atoms with van der Waals surface area (Å²) in [6.45, 7) is 3.03. The van der Waals surface area contributed by atoms with Gasteiger partial charge in [0.1, 0.15) is 0 Å². The molecule has 1 aliphatic heterocycles. The van der Waals surface area contributed by atoms with Crippen molar-refractivity contribution in [2.45, 2.75) is 38.1 Å². The van der Waals surface area contributed by atoms with Crippen LogP contribution >= 0.6 is 15.9 Å². The highest BCUT2D eigenvalue weighted by Gasteiger charge is 2.49. The highest BCUT2D eigenvalue weighted by atomic mass is 79.9. The van der Waals surface area contributed by atoms with Crippen molar-refractivity contribution in [1.82, 2.24) is 4.98 Å². The summed E-state index contributed by atoms with van der Waals surface area (Å²) in [6, 6.07) is 1.67. The van der Waals surface area contributed by atoms with Crippen LogP contribution in [0.5, 0.6) is 5.88 Å². The van der Waals surface area contributed by atoms with Gasteiger partial charge in [0.15, 0.2) is 12.0 Å². The van der Waals surface area contributed by atoms with E-state index in [4.69, 9.17) is 9.47 Å². The largest absolute Gasteiger partial charge is 0.481 e. The van der Waals surface area contributed by atoms with E-state index in [1.54, 1.807) is 13.0 Å². The second-order valence-corrected chi connectivity index (χ2v) is 5.88. The van der Waals surface area contributed by atoms with Gasteiger partial charge >= 0.3 is 6.18 Å². The molecule has 0 saturated carbocycles. The molecule has 116 valence electrons. The second kappa shape index (κ2) is 5.47. The van der Waals surface area contributed by atoms with E-state index >= 15 is 0 Å². The molecule has 2 atom stereocenters. The fourth-order valence-electron chi connectivity index (χ4n) is 2.36. The zero-order chi connectivity index (χ0) is 15.8. The Labute approximate surface area is 128 Å². The average molecular weight is 367 g/mol. The lowest BCUT2D eigenvalue weighted by Crippen LogP contribution is -2.43. The zero-order valence-corrected chi connectivity index (χ0v) is 13.2. The molecule has 1 aliphatic rings. The summed E-state index contributed by atoms with van der Waals surface area (Å²) in [5.74, 6) is 0.244. The van der Waals surface area contributed by atoms with Crippen molar-refractivity contribution in [2.75, 3.05) is 7.11 Å². The molecule has 2 rings (SSSR count). The topological polar surface area (TPSA) is 43.7 Å². The molecule has 0 spiro atoms. The molecule has 0 N–H and O–H groups in total. The maximum Gasteiger partial charge on any atom is 0.425 e. The van der Waals surface area contributed by atoms with E-state index in [9.17, 15) is 13.2 Å². The summed E-state index contributed by atoms with van der Waals surface area (Å²) in [7, 11) is 1.42. The molecule has 2 heterocycles. The van der Waals surface area contributed by atoms with Crippen molar-refractivity contribution in [3.63, 3.8) is 0 Å². The van der Waals surface area contributed by atoms with Crippen LogP contribution in [0.15, 0.2) is 21.7 Å². The maximum atomic E-state index is 13.0. The highest BCUT2D eigenvalue weighted by Crippen LogP contribution is 2.43. The summed E-state index contributed by atoms with van der Waals surface area (Å²) < 4.78 is 49.6. The molecule has 1 aromatic heterocycles. The number of ether oxygens (including phenoxy) is 2. The fraction of sp³-hybridized carbons (Fsp3) is 0.538. The van der Waals surface area contributed by atoms with Crippen LogP contribution in [0.3, 0.4) is 0 Å². The molecule has 1 aromatic rings. The predicted octanol–water partition coefficient (Wildman–Crippen LogP) is 3.84. The van der Waals surface area contributed by atoms with Crippen LogP contribution in [0.25, 0.3) is 0 Å². The highest BCUT2D eigenvalue weighted by molar-refractivity contribution is 9.10. The van der Waals surface area contributed by atoms with E-state index in [2.05, 4.69) is 25.9 Å². The zero-order valence-electron chi connectivity index (χ0n) is 11.7. The molecular weight excluding hydrogens is 353 g/mol. The first-order chi connectivity index (χ1) is 9.65. The molecule has 0 amide bonds. The van der Waals surface area contributed by atoms with Gasteiger partial charge in [-0.3, -0.25) is 0 Å². The van der Waals surface area contributed by atoms with Gasteiger partial charge in [-0.1, -0.05) is 0 Å². The van der Waals surface area contributed by atoms with Crippen molar-refractivity contribution >= 4 is 21.8 Å². The van der Waals surface area contributed by atoms with Gasteiger partial charge in [0.05, 0.1) is 12.6 Å². The second-order valence-electron chi connectivity index (χ2n) is 4.97. The van der Waals surface area contributed by atoms with Crippen molar-refractivity contribution in [1.29, 1.82) is 0 Å². The Balaban J connectivity index is 2.50. The van der Waals surface area contributed by atoms with Crippen LogP contribution in [0.2, 0.25) is 0 Å². The fourth-order valence-corrected chi connectivity index (χ4v) is 2.69. The molecule has 0 unspecified atom stereocenters. The number of alkyl halides is 3. The third-order valence-electron chi connectivity index (χ3n) is 3.26. The van der Waals surface area contributed by atoms with Gasteiger partial charge < -0.3 is 9.47 Å². The minimum atomic E-state index is -4.45. The van der Waals surface area contributed by atoms with Crippen LogP contribution in [0.4, 0.5) is 13.2 Å². The third-order valence-corrected chi connectivity index (χ3v) is 3.69. The normalized spacial score (nSPS) is 26.0. The molecular formula is C13H14BrF3N2O2. The molecule has 0 aliphatic carbocycles. The first-order valence-electron chi connectivity index (χ1n) is 6.15. The average Bonchev–Trinajstić information content (AvgIpc) is 2.36. The van der Waals surface area contributed by atoms with Crippen molar-refractivity contribution < 1.29 is 22.6 Å². The summed E-state index contributed by atoms with van der Waals surface area (Å²) >= 11 is 3.27. The summed E-state index contributed by atoms with van der Waals surface area (Å²) in [4.78, 5) is 8.32. The van der Waals surface area contributed by atoms with Gasteiger partial charge in [-0.25, -0.2) is 9.98 Å². The number of nitrogens with zero attached hydrogens (tertiary/aromatic N) is 2. The van der Waals surface area contributed by atoms with Crippen LogP contribution in [0, 0.1) is 0 Å². The van der Waals surface area contributed by atoms with Gasteiger partial charge in [-0.2, -0.15) is 13.2 Å². The lowest BCUT2D eigenvalue weighted by atomic mass is 9.86. The Hall–Kier alpha value is -1.31. The monoisotopic (exact) mass is 366 g/mol. The Kier molecular flexibility index (Phi) is 4.19. The quantitative estimate of drug-likeness (QED) is 0.798. The van der Waals surface area contributed by atoms with E-state index in [0.29, 0.717) is 10.0 Å². The van der Waals surface area contributed by atoms with Gasteiger partial charge in [-0.05, 0) is 28.9 Å². The number of pyridine rings is 1. The number of aliphatic imine (C=N–C) groups is 1. The molecule has 0 bridgehead atoms. The van der Waals surface area contributed by atoms with Crippen molar-refractivity contribution in [2.24, 2.45) is 4.99 Å². The van der Waals surface area contributed by atoms with E-state index in [0.717, 1.165) is 0 Å². The lowest BCUT2D eigenvalue weighted by Gasteiger charge is -2.36. The molecule has 0 fully saturated rings. The van der Waals surface area contributed by atoms with Gasteiger partial charge in [0.25, 0.3) is 0 Å². The molecule has 0 radical (unpaired) electrons. The molecule has 8 heteroatoms. The van der Waals surface area contributed by atoms with Gasteiger partial charge in [-0.15, -0.1) is 0 Å². The summed E-state index contributed by atoms with van der Waals surface area (Å²) in [5, 5.41) is 0. The number of methoxy groups -OCH3 is 1. The maximum absolute atomic E-state index is 13.0. The minimum Gasteiger partial charge on any atom is -0.481 e. The third kappa shape index (κ3) is 3.30. The summed E-state index contributed by atoms with van der Waals surface area (Å²) in [5.41, 5.74) is -0.638. The molecule has 4 nitrogen and oxygen atoms in total. The number of halogens is 4. The SMILES string of the molecule is COc1ncc(Br)cc1[C@]1(C)C[C@@H](C(F)(F)F)OC(C)=N1. The van der Waals surface area contributed by atoms with Crippen LogP contribution in [-0.4, -0.2) is 30.3 Å². The standard InChI is InChI=1S/C13H14BrF3N2O2/c1-7-19-12(2,5-10(21-7)13(15,16)17)9-4-8(14)6-18-11(9)20-3/h4,6,10H,5H2,1-3H3/t10-,12-/m0/s1. The summed E-state index contributed by atoms with van der Waals surface area (Å²) in [6.07, 6.45) is -5.17. The smallest absolute Gasteiger partial charge is 0.425 e. The Morgan fingerprint density at radius 2 is 2.14 bits per heavy atom. The molecule has 0 aromatic carbocycles. The van der Waals surface area contributed by atoms with E-state index in [-0.39, 0.29) is 18.2 Å². The molecule has 21 heavy (non-hydrogen) atoms. The predicted molar refractivity (Wildman–Crippen MR) is 74.5 cm³/mol. The van der Waals surface area contributed by atoms with E-state index < -0.39 is 17.8 Å². The first-order valence-corrected chi connectivity index (χ1v) is 6.95. The Bertz CT molecular complexity index is 577. The number of rotatable bonds is 2. The first kappa shape index (κ1) is 16.1. The number of hydrogen-bond donors (Lipinski definition) is 0. The van der Waals surface area contributed by atoms with Gasteiger partial charge in [0, 0.05) is 29.6 Å². The van der Waals surface area contributed by atoms with Gasteiger partial charge in [0.2, 0.25) is 5.88 Å². The van der Waals surface area contributed by atoms with E-state index in [1.807, 2.05) is 0 Å². The lowest BCUT2D eigenvalue weighted by molar-refractivity contribution is -0.207. The van der Waals surface area contributed by atoms with Crippen LogP contribution in [0.1, 0.15) is 25.8 Å². The van der Waals surface area contributed by atoms with Crippen LogP contribution < -0.4 is 4.74 Å². The van der Waals surface area contributed by atoms with Crippen LogP contribution in [-0.2, 0) is 10.3 Å². The Morgan fingerprint density at radius 1 is 1.48 bits per heavy atom. The number of aromatic nitrogens is 1. The minimum absolute atomic E-state index is 0.00639. The number of hydrogen-bond acceptors (Lipinski definition) is 4. The Morgan fingerprint density at radius 3 is 2.71 bits per heavy atom. The van der Waals surface area contributed by atoms with E-state index in [1.165, 1.54) is 20.2 Å². The van der Waals surface area contributed by atoms with Crippen molar-refractivity contribution in [3.8, 4) is 5.88 Å². The van der Waals surface area contributed by atoms with Crippen molar-refractivity contribution in [3.05, 3.63) is 22.3 Å².